The lowest BCUT2D eigenvalue weighted by molar-refractivity contribution is -0.532. The Morgan fingerprint density at radius 2 is 1.93 bits per heavy atom. The van der Waals surface area contributed by atoms with Gasteiger partial charge >= 0.3 is 0 Å². The molecule has 1 aliphatic rings. The van der Waals surface area contributed by atoms with Gasteiger partial charge in [0.1, 0.15) is 0 Å². The minimum atomic E-state index is -0.335. The molecular formula is C11H19NO2. The molecule has 0 aliphatic heterocycles. The molecule has 0 saturated carbocycles. The molecule has 0 heterocycles. The van der Waals surface area contributed by atoms with Gasteiger partial charge in [-0.15, -0.1) is 0 Å². The van der Waals surface area contributed by atoms with E-state index in [2.05, 4.69) is 13.8 Å². The van der Waals surface area contributed by atoms with E-state index in [0.29, 0.717) is 6.42 Å². The van der Waals surface area contributed by atoms with E-state index < -0.39 is 0 Å². The van der Waals surface area contributed by atoms with Crippen molar-refractivity contribution in [1.82, 2.24) is 0 Å². The third kappa shape index (κ3) is 2.34. The van der Waals surface area contributed by atoms with Crippen LogP contribution in [0.5, 0.6) is 0 Å². The maximum Gasteiger partial charge on any atom is 0.219 e. The number of nitro groups is 1. The quantitative estimate of drug-likeness (QED) is 0.396. The Balaban J connectivity index is 2.78. The number of allylic oxidation sites excluding steroid dienone is 1. The predicted octanol–water partition coefficient (Wildman–Crippen LogP) is 3.18. The number of hydrogen-bond acceptors (Lipinski definition) is 2. The average Bonchev–Trinajstić information content (AvgIpc) is 2.11. The van der Waals surface area contributed by atoms with Crippen molar-refractivity contribution in [3.8, 4) is 0 Å². The molecule has 14 heavy (non-hydrogen) atoms. The number of hydrogen-bond donors (Lipinski definition) is 0. The van der Waals surface area contributed by atoms with Gasteiger partial charge in [-0.2, -0.15) is 0 Å². The van der Waals surface area contributed by atoms with Crippen molar-refractivity contribution in [3.05, 3.63) is 21.3 Å². The molecule has 2 unspecified atom stereocenters. The van der Waals surface area contributed by atoms with Gasteiger partial charge in [0.25, 0.3) is 0 Å². The van der Waals surface area contributed by atoms with Crippen molar-refractivity contribution in [2.75, 3.05) is 0 Å². The second-order valence-electron chi connectivity index (χ2n) is 4.37. The summed E-state index contributed by atoms with van der Waals surface area (Å²) in [6, 6.07) is -0.335. The largest absolute Gasteiger partial charge is 0.264 e. The van der Waals surface area contributed by atoms with E-state index in [4.69, 9.17) is 0 Å². The first-order valence-electron chi connectivity index (χ1n) is 5.35. The summed E-state index contributed by atoms with van der Waals surface area (Å²) in [5.41, 5.74) is 2.58. The fourth-order valence-electron chi connectivity index (χ4n) is 2.27. The Bertz CT molecular complexity index is 258. The highest BCUT2D eigenvalue weighted by Crippen LogP contribution is 2.33. The second kappa shape index (κ2) is 4.58. The van der Waals surface area contributed by atoms with Crippen LogP contribution in [0.1, 0.15) is 46.5 Å². The molecule has 0 radical (unpaired) electrons. The summed E-state index contributed by atoms with van der Waals surface area (Å²) in [7, 11) is 0. The van der Waals surface area contributed by atoms with Gasteiger partial charge in [-0.25, -0.2) is 0 Å². The molecule has 0 spiro atoms. The second-order valence-corrected chi connectivity index (χ2v) is 4.37. The van der Waals surface area contributed by atoms with E-state index in [0.717, 1.165) is 19.3 Å². The molecule has 0 bridgehead atoms. The van der Waals surface area contributed by atoms with Gasteiger partial charge in [0.05, 0.1) is 0 Å². The van der Waals surface area contributed by atoms with Gasteiger partial charge in [0, 0.05) is 17.3 Å². The van der Waals surface area contributed by atoms with E-state index in [1.807, 2.05) is 6.92 Å². The molecular weight excluding hydrogens is 178 g/mol. The Kier molecular flexibility index (Phi) is 3.67. The summed E-state index contributed by atoms with van der Waals surface area (Å²) in [5, 5.41) is 10.9. The molecule has 1 aliphatic carbocycles. The third-order valence-electron chi connectivity index (χ3n) is 3.29. The van der Waals surface area contributed by atoms with Crippen molar-refractivity contribution in [2.45, 2.75) is 52.5 Å². The molecule has 1 rings (SSSR count). The monoisotopic (exact) mass is 197 g/mol. The first-order valence-corrected chi connectivity index (χ1v) is 5.35. The van der Waals surface area contributed by atoms with Crippen LogP contribution in [0.4, 0.5) is 0 Å². The molecule has 0 aromatic heterocycles. The first kappa shape index (κ1) is 11.2. The Morgan fingerprint density at radius 1 is 1.36 bits per heavy atom. The molecule has 80 valence electrons. The van der Waals surface area contributed by atoms with Crippen molar-refractivity contribution in [3.63, 3.8) is 0 Å². The molecule has 0 aromatic rings. The molecule has 3 heteroatoms. The van der Waals surface area contributed by atoms with Gasteiger partial charge in [-0.1, -0.05) is 24.5 Å². The lowest BCUT2D eigenvalue weighted by Gasteiger charge is -2.27. The maximum absolute atomic E-state index is 10.9. The lowest BCUT2D eigenvalue weighted by Crippen LogP contribution is -2.32. The smallest absolute Gasteiger partial charge is 0.219 e. The fourth-order valence-corrected chi connectivity index (χ4v) is 2.27. The van der Waals surface area contributed by atoms with E-state index in [1.165, 1.54) is 11.1 Å². The minimum Gasteiger partial charge on any atom is -0.264 e. The Hall–Kier alpha value is -0.860. The topological polar surface area (TPSA) is 43.1 Å². The van der Waals surface area contributed by atoms with Gasteiger partial charge in [0.15, 0.2) is 0 Å². The van der Waals surface area contributed by atoms with Gasteiger partial charge in [-0.3, -0.25) is 10.1 Å². The lowest BCUT2D eigenvalue weighted by atomic mass is 9.79. The number of rotatable bonds is 3. The van der Waals surface area contributed by atoms with Crippen molar-refractivity contribution < 1.29 is 4.92 Å². The summed E-state index contributed by atoms with van der Waals surface area (Å²) < 4.78 is 0. The fraction of sp³-hybridized carbons (Fsp3) is 0.818. The van der Waals surface area contributed by atoms with Crippen LogP contribution in [0.2, 0.25) is 0 Å². The zero-order chi connectivity index (χ0) is 10.7. The summed E-state index contributed by atoms with van der Waals surface area (Å²) in [4.78, 5) is 10.8. The third-order valence-corrected chi connectivity index (χ3v) is 3.29. The normalized spacial score (nSPS) is 27.9. The van der Waals surface area contributed by atoms with Crippen molar-refractivity contribution in [2.24, 2.45) is 5.92 Å². The van der Waals surface area contributed by atoms with Crippen LogP contribution in [-0.4, -0.2) is 11.0 Å². The van der Waals surface area contributed by atoms with E-state index in [9.17, 15) is 10.1 Å². The highest BCUT2D eigenvalue weighted by atomic mass is 16.6. The molecule has 0 amide bonds. The van der Waals surface area contributed by atoms with Gasteiger partial charge < -0.3 is 0 Å². The van der Waals surface area contributed by atoms with E-state index in [-0.39, 0.29) is 16.9 Å². The van der Waals surface area contributed by atoms with Crippen molar-refractivity contribution in [1.29, 1.82) is 0 Å². The van der Waals surface area contributed by atoms with Crippen LogP contribution in [0, 0.1) is 16.0 Å². The van der Waals surface area contributed by atoms with Crippen molar-refractivity contribution >= 4 is 0 Å². The Morgan fingerprint density at radius 3 is 2.43 bits per heavy atom. The zero-order valence-corrected chi connectivity index (χ0v) is 9.25. The average molecular weight is 197 g/mol. The minimum absolute atomic E-state index is 0.0870. The summed E-state index contributed by atoms with van der Waals surface area (Å²) in [6.07, 6.45) is 3.60. The van der Waals surface area contributed by atoms with E-state index >= 15 is 0 Å². The highest BCUT2D eigenvalue weighted by molar-refractivity contribution is 5.15. The summed E-state index contributed by atoms with van der Waals surface area (Å²) in [5.74, 6) is 0.263. The van der Waals surface area contributed by atoms with Crippen LogP contribution in [0.15, 0.2) is 11.1 Å². The van der Waals surface area contributed by atoms with Crippen LogP contribution in [0.3, 0.4) is 0 Å². The van der Waals surface area contributed by atoms with Gasteiger partial charge in [-0.05, 0) is 26.7 Å². The van der Waals surface area contributed by atoms with Crippen LogP contribution >= 0.6 is 0 Å². The molecule has 0 fully saturated rings. The van der Waals surface area contributed by atoms with E-state index in [1.54, 1.807) is 0 Å². The van der Waals surface area contributed by atoms with Crippen LogP contribution < -0.4 is 0 Å². The molecule has 3 nitrogen and oxygen atoms in total. The maximum atomic E-state index is 10.9. The SMILES string of the molecule is CCCC1CC(C)=C(C)CC1[N+](=O)[O-]. The van der Waals surface area contributed by atoms with Crippen LogP contribution in [0.25, 0.3) is 0 Å². The molecule has 0 saturated heterocycles. The van der Waals surface area contributed by atoms with Crippen LogP contribution in [-0.2, 0) is 0 Å². The number of nitrogens with zero attached hydrogens (tertiary/aromatic N) is 1. The first-order chi connectivity index (χ1) is 6.56. The zero-order valence-electron chi connectivity index (χ0n) is 9.25. The standard InChI is InChI=1S/C11H19NO2/c1-4-5-10-6-8(2)9(3)7-11(10)12(13)14/h10-11H,4-7H2,1-3H3. The summed E-state index contributed by atoms with van der Waals surface area (Å²) in [6.45, 7) is 6.22. The summed E-state index contributed by atoms with van der Waals surface area (Å²) >= 11 is 0. The van der Waals surface area contributed by atoms with Gasteiger partial charge in [0.2, 0.25) is 6.04 Å². The molecule has 0 aromatic carbocycles. The predicted molar refractivity (Wildman–Crippen MR) is 56.8 cm³/mol. The Labute approximate surface area is 85.3 Å². The highest BCUT2D eigenvalue weighted by Gasteiger charge is 2.34. The molecule has 0 N–H and O–H groups in total. The molecule has 2 atom stereocenters.